The van der Waals surface area contributed by atoms with E-state index in [0.29, 0.717) is 6.26 Å². The Bertz CT molecular complexity index is 31.1. The summed E-state index contributed by atoms with van der Waals surface area (Å²) in [5, 5.41) is 15.0. The molecule has 0 saturated carbocycles. The minimum atomic E-state index is 0. The molecule has 0 spiro atoms. The summed E-state index contributed by atoms with van der Waals surface area (Å²) in [6, 6.07) is 0. The standard InChI is InChI=1S/CHNO.K.H2O/c2-1-3;;/h3H;;1H2/q;+1;/p-1. The Morgan fingerprint density at radius 1 is 1.60 bits per heavy atom. The first-order valence-electron chi connectivity index (χ1n) is 0.428. The van der Waals surface area contributed by atoms with Gasteiger partial charge in [0.05, 0.1) is 0 Å². The molecule has 24 valence electrons. The van der Waals surface area contributed by atoms with E-state index in [9.17, 15) is 0 Å². The molecule has 0 aliphatic carbocycles. The van der Waals surface area contributed by atoms with Crippen molar-refractivity contribution in [2.24, 2.45) is 0 Å². The summed E-state index contributed by atoms with van der Waals surface area (Å²) in [4.78, 5) is 0. The molecule has 0 amide bonds. The summed E-state index contributed by atoms with van der Waals surface area (Å²) < 4.78 is 0. The van der Waals surface area contributed by atoms with E-state index < -0.39 is 0 Å². The third-order valence-corrected chi connectivity index (χ3v) is 0. The summed E-state index contributed by atoms with van der Waals surface area (Å²) in [5.41, 5.74) is 0. The van der Waals surface area contributed by atoms with Gasteiger partial charge >= 0.3 is 51.4 Å². The second-order valence-corrected chi connectivity index (χ2v) is 0.0913. The van der Waals surface area contributed by atoms with Crippen LogP contribution in [0.5, 0.6) is 0 Å². The molecule has 0 aliphatic rings. The van der Waals surface area contributed by atoms with E-state index in [4.69, 9.17) is 10.4 Å². The van der Waals surface area contributed by atoms with Gasteiger partial charge in [-0.2, -0.15) is 0 Å². The number of nitriles is 1. The van der Waals surface area contributed by atoms with Crippen molar-refractivity contribution in [1.82, 2.24) is 0 Å². The molecule has 0 unspecified atom stereocenters. The molecule has 0 aliphatic heterocycles. The second-order valence-electron chi connectivity index (χ2n) is 0.0913. The maximum Gasteiger partial charge on any atom is 1.00 e. The van der Waals surface area contributed by atoms with Crippen LogP contribution >= 0.6 is 0 Å². The maximum absolute atomic E-state index is 8.24. The van der Waals surface area contributed by atoms with Gasteiger partial charge in [-0.1, -0.05) is 0 Å². The second kappa shape index (κ2) is 20.7. The molecule has 0 bridgehead atoms. The van der Waals surface area contributed by atoms with Crippen LogP contribution in [0.25, 0.3) is 0 Å². The van der Waals surface area contributed by atoms with Gasteiger partial charge in [0.25, 0.3) is 0 Å². The zero-order valence-electron chi connectivity index (χ0n) is 2.86. The molecule has 4 heteroatoms. The first-order chi connectivity index (χ1) is 1.41. The fourth-order valence-electron chi connectivity index (χ4n) is 0. The van der Waals surface area contributed by atoms with Crippen molar-refractivity contribution in [2.45, 2.75) is 0 Å². The van der Waals surface area contributed by atoms with E-state index in [1.54, 1.807) is 0 Å². The maximum atomic E-state index is 8.24. The zero-order valence-corrected chi connectivity index (χ0v) is 5.98. The molecular formula is CH2KNO2. The number of hydrogen-bond donors (Lipinski definition) is 0. The Morgan fingerprint density at radius 3 is 1.60 bits per heavy atom. The molecule has 2 N–H and O–H groups in total. The number of hydrogen-bond acceptors (Lipinski definition) is 2. The Morgan fingerprint density at radius 2 is 1.60 bits per heavy atom. The molecule has 3 nitrogen and oxygen atoms in total. The van der Waals surface area contributed by atoms with Gasteiger partial charge in [0.2, 0.25) is 0 Å². The summed E-state index contributed by atoms with van der Waals surface area (Å²) in [6.45, 7) is 0. The van der Waals surface area contributed by atoms with Gasteiger partial charge in [-0.15, -0.1) is 0 Å². The Labute approximate surface area is 72.3 Å². The Balaban J connectivity index is -0.0000000200. The van der Waals surface area contributed by atoms with Crippen LogP contribution in [0, 0.1) is 11.5 Å². The van der Waals surface area contributed by atoms with Crippen LogP contribution in [0.4, 0.5) is 0 Å². The fourth-order valence-corrected chi connectivity index (χ4v) is 0. The Kier molecular flexibility index (Phi) is 70.0. The van der Waals surface area contributed by atoms with Crippen molar-refractivity contribution in [3.8, 4) is 6.26 Å². The zero-order chi connectivity index (χ0) is 2.71. The summed E-state index contributed by atoms with van der Waals surface area (Å²) in [5.74, 6) is 0. The average molecular weight is 99.1 g/mol. The van der Waals surface area contributed by atoms with Gasteiger partial charge in [0, 0.05) is 6.26 Å². The largest absolute Gasteiger partial charge is 1.00 e. The summed E-state index contributed by atoms with van der Waals surface area (Å²) in [7, 11) is 0. The van der Waals surface area contributed by atoms with Crippen LogP contribution in [0.3, 0.4) is 0 Å². The quantitative estimate of drug-likeness (QED) is 0.225. The minimum Gasteiger partial charge on any atom is -0.812 e. The van der Waals surface area contributed by atoms with E-state index >= 15 is 0 Å². The van der Waals surface area contributed by atoms with Gasteiger partial charge in [0.15, 0.2) is 0 Å². The van der Waals surface area contributed by atoms with E-state index in [0.717, 1.165) is 0 Å². The fraction of sp³-hybridized carbons (Fsp3) is 0. The summed E-state index contributed by atoms with van der Waals surface area (Å²) in [6.07, 6.45) is 0.500. The van der Waals surface area contributed by atoms with Gasteiger partial charge in [0.1, 0.15) is 0 Å². The molecule has 0 saturated heterocycles. The van der Waals surface area contributed by atoms with Crippen LogP contribution in [0.1, 0.15) is 0 Å². The predicted octanol–water partition coefficient (Wildman–Crippen LogP) is -4.99. The summed E-state index contributed by atoms with van der Waals surface area (Å²) >= 11 is 0. The molecule has 0 fully saturated rings. The smallest absolute Gasteiger partial charge is 0.812 e. The van der Waals surface area contributed by atoms with Gasteiger partial charge in [-0.05, 0) is 0 Å². The van der Waals surface area contributed by atoms with Crippen molar-refractivity contribution >= 4 is 0 Å². The van der Waals surface area contributed by atoms with E-state index in [-0.39, 0.29) is 56.9 Å². The van der Waals surface area contributed by atoms with Crippen LogP contribution in [-0.2, 0) is 0 Å². The topological polar surface area (TPSA) is 78.3 Å². The minimum absolute atomic E-state index is 0. The normalized spacial score (nSPS) is 1.40. The van der Waals surface area contributed by atoms with Crippen molar-refractivity contribution in [3.05, 3.63) is 0 Å². The van der Waals surface area contributed by atoms with E-state index in [1.807, 2.05) is 0 Å². The van der Waals surface area contributed by atoms with Crippen molar-refractivity contribution < 1.29 is 62.0 Å². The average Bonchev–Trinajstić information content (AvgIpc) is 0.918. The predicted molar refractivity (Wildman–Crippen MR) is 9.23 cm³/mol. The van der Waals surface area contributed by atoms with Crippen molar-refractivity contribution in [3.63, 3.8) is 0 Å². The first-order valence-corrected chi connectivity index (χ1v) is 0.428. The molecule has 0 heterocycles. The number of rotatable bonds is 0. The van der Waals surface area contributed by atoms with Gasteiger partial charge in [-0.3, -0.25) is 0 Å². The third-order valence-electron chi connectivity index (χ3n) is 0. The van der Waals surface area contributed by atoms with Gasteiger partial charge in [-0.25, -0.2) is 5.26 Å². The van der Waals surface area contributed by atoms with Crippen molar-refractivity contribution in [1.29, 1.82) is 5.26 Å². The molecule has 0 aromatic heterocycles. The third kappa shape index (κ3) is 51.8. The van der Waals surface area contributed by atoms with Crippen molar-refractivity contribution in [2.75, 3.05) is 0 Å². The van der Waals surface area contributed by atoms with E-state index in [1.165, 1.54) is 0 Å². The van der Waals surface area contributed by atoms with Crippen LogP contribution < -0.4 is 56.5 Å². The van der Waals surface area contributed by atoms with Crippen LogP contribution in [0.2, 0.25) is 0 Å². The van der Waals surface area contributed by atoms with Crippen LogP contribution in [0.15, 0.2) is 0 Å². The monoisotopic (exact) mass is 99.0 g/mol. The van der Waals surface area contributed by atoms with Gasteiger partial charge < -0.3 is 10.6 Å². The van der Waals surface area contributed by atoms with E-state index in [2.05, 4.69) is 0 Å². The SMILES string of the molecule is N#C[O-].O.[K+]. The Hall–Kier alpha value is 0.886. The van der Waals surface area contributed by atoms with Crippen LogP contribution in [-0.4, -0.2) is 5.48 Å². The molecule has 0 atom stereocenters. The number of nitrogens with zero attached hydrogens (tertiary/aromatic N) is 1. The molecule has 0 rings (SSSR count). The molecule has 0 aromatic carbocycles. The molecule has 0 radical (unpaired) electrons. The molecular weight excluding hydrogens is 97.1 g/mol. The molecule has 5 heavy (non-hydrogen) atoms. The first kappa shape index (κ1) is 16.9. The molecule has 0 aromatic rings.